The van der Waals surface area contributed by atoms with Crippen molar-refractivity contribution in [3.8, 4) is 0 Å². The van der Waals surface area contributed by atoms with Gasteiger partial charge in [0, 0.05) is 17.8 Å². The largest absolute Gasteiger partial charge is 0.361 e. The fourth-order valence-corrected chi connectivity index (χ4v) is 3.39. The summed E-state index contributed by atoms with van der Waals surface area (Å²) in [4.78, 5) is 10.9. The molecule has 1 fully saturated rings. The predicted molar refractivity (Wildman–Crippen MR) is 78.0 cm³/mol. The van der Waals surface area contributed by atoms with Crippen LogP contribution in [0.4, 0.5) is 11.5 Å². The maximum Gasteiger partial charge on any atom is 0.333 e. The van der Waals surface area contributed by atoms with Gasteiger partial charge in [-0.25, -0.2) is 4.68 Å². The molecule has 0 spiro atoms. The molecular weight excluding hydrogens is 264 g/mol. The summed E-state index contributed by atoms with van der Waals surface area (Å²) in [6.45, 7) is 5.66. The van der Waals surface area contributed by atoms with Gasteiger partial charge in [-0.3, -0.25) is 10.1 Å². The van der Waals surface area contributed by atoms with Gasteiger partial charge in [0.1, 0.15) is 5.69 Å². The van der Waals surface area contributed by atoms with E-state index in [0.29, 0.717) is 17.6 Å². The minimum Gasteiger partial charge on any atom is -0.361 e. The molecule has 1 unspecified atom stereocenters. The van der Waals surface area contributed by atoms with E-state index in [1.54, 1.807) is 11.6 Å². The smallest absolute Gasteiger partial charge is 0.333 e. The summed E-state index contributed by atoms with van der Waals surface area (Å²) in [5.41, 5.74) is 0.592. The van der Waals surface area contributed by atoms with Crippen LogP contribution in [0.1, 0.15) is 38.4 Å². The van der Waals surface area contributed by atoms with Crippen LogP contribution in [0.3, 0.4) is 0 Å². The van der Waals surface area contributed by atoms with Gasteiger partial charge in [-0.2, -0.15) is 16.9 Å². The standard InChI is InChI=1S/C12H20N4O2S/c1-8(2)15-12(11(16(17)18)9(3)14-15)13-10-5-4-6-19-7-10/h8,10,13H,4-7H2,1-3H3. The summed E-state index contributed by atoms with van der Waals surface area (Å²) in [7, 11) is 0. The SMILES string of the molecule is Cc1nn(C(C)C)c(NC2CCCSC2)c1[N+](=O)[O-]. The molecule has 19 heavy (non-hydrogen) atoms. The molecule has 7 heteroatoms. The average molecular weight is 284 g/mol. The lowest BCUT2D eigenvalue weighted by Gasteiger charge is -2.24. The molecule has 2 rings (SSSR count). The summed E-state index contributed by atoms with van der Waals surface area (Å²) in [5, 5.41) is 18.9. The van der Waals surface area contributed by atoms with Gasteiger partial charge in [0.2, 0.25) is 5.82 Å². The van der Waals surface area contributed by atoms with Crippen LogP contribution in [0.15, 0.2) is 0 Å². The third-order valence-corrected chi connectivity index (χ3v) is 4.44. The number of aromatic nitrogens is 2. The second-order valence-electron chi connectivity index (χ2n) is 5.14. The van der Waals surface area contributed by atoms with Gasteiger partial charge in [-0.05, 0) is 39.4 Å². The first-order valence-corrected chi connectivity index (χ1v) is 7.74. The number of aryl methyl sites for hydroxylation is 1. The summed E-state index contributed by atoms with van der Waals surface area (Å²) in [6, 6.07) is 0.400. The molecule has 106 valence electrons. The van der Waals surface area contributed by atoms with Crippen LogP contribution >= 0.6 is 11.8 Å². The van der Waals surface area contributed by atoms with Gasteiger partial charge >= 0.3 is 5.69 Å². The molecule has 1 aliphatic heterocycles. The fraction of sp³-hybridized carbons (Fsp3) is 0.750. The van der Waals surface area contributed by atoms with Crippen molar-refractivity contribution in [3.63, 3.8) is 0 Å². The lowest BCUT2D eigenvalue weighted by Crippen LogP contribution is -2.27. The van der Waals surface area contributed by atoms with Gasteiger partial charge in [-0.1, -0.05) is 0 Å². The van der Waals surface area contributed by atoms with Crippen molar-refractivity contribution < 1.29 is 4.92 Å². The number of nitro groups is 1. The lowest BCUT2D eigenvalue weighted by molar-refractivity contribution is -0.384. The van der Waals surface area contributed by atoms with E-state index in [0.717, 1.165) is 18.6 Å². The molecule has 0 amide bonds. The van der Waals surface area contributed by atoms with Gasteiger partial charge in [0.15, 0.2) is 0 Å². The third-order valence-electron chi connectivity index (χ3n) is 3.23. The zero-order chi connectivity index (χ0) is 14.0. The van der Waals surface area contributed by atoms with E-state index < -0.39 is 0 Å². The average Bonchev–Trinajstić information content (AvgIpc) is 2.67. The molecular formula is C12H20N4O2S. The molecule has 1 saturated heterocycles. The van der Waals surface area contributed by atoms with E-state index in [9.17, 15) is 10.1 Å². The Morgan fingerprint density at radius 3 is 2.84 bits per heavy atom. The minimum absolute atomic E-state index is 0.103. The van der Waals surface area contributed by atoms with Crippen molar-refractivity contribution in [1.29, 1.82) is 0 Å². The first-order valence-electron chi connectivity index (χ1n) is 6.58. The molecule has 1 aromatic heterocycles. The fourth-order valence-electron chi connectivity index (χ4n) is 2.31. The van der Waals surface area contributed by atoms with Crippen molar-refractivity contribution in [1.82, 2.24) is 9.78 Å². The monoisotopic (exact) mass is 284 g/mol. The number of nitrogens with zero attached hydrogens (tertiary/aromatic N) is 3. The maximum atomic E-state index is 11.2. The van der Waals surface area contributed by atoms with Crippen molar-refractivity contribution in [2.75, 3.05) is 16.8 Å². The van der Waals surface area contributed by atoms with E-state index in [1.807, 2.05) is 25.6 Å². The van der Waals surface area contributed by atoms with E-state index in [2.05, 4.69) is 10.4 Å². The van der Waals surface area contributed by atoms with Crippen LogP contribution in [-0.2, 0) is 0 Å². The molecule has 0 aliphatic carbocycles. The van der Waals surface area contributed by atoms with Crippen LogP contribution in [0.5, 0.6) is 0 Å². The summed E-state index contributed by atoms with van der Waals surface area (Å²) in [6.07, 6.45) is 2.22. The Hall–Kier alpha value is -1.24. The molecule has 1 N–H and O–H groups in total. The number of hydrogen-bond donors (Lipinski definition) is 1. The van der Waals surface area contributed by atoms with Crippen molar-refractivity contribution >= 4 is 23.3 Å². The molecule has 0 saturated carbocycles. The molecule has 2 heterocycles. The Bertz CT molecular complexity index is 467. The van der Waals surface area contributed by atoms with Crippen molar-refractivity contribution in [2.45, 2.75) is 45.7 Å². The number of hydrogen-bond acceptors (Lipinski definition) is 5. The minimum atomic E-state index is -0.334. The Morgan fingerprint density at radius 1 is 1.58 bits per heavy atom. The second-order valence-corrected chi connectivity index (χ2v) is 6.29. The third kappa shape index (κ3) is 3.02. The number of rotatable bonds is 4. The number of thioether (sulfide) groups is 1. The topological polar surface area (TPSA) is 73.0 Å². The summed E-state index contributed by atoms with van der Waals surface area (Å²) in [5.74, 6) is 2.74. The Kier molecular flexibility index (Phi) is 4.34. The zero-order valence-electron chi connectivity index (χ0n) is 11.5. The number of anilines is 1. The first-order chi connectivity index (χ1) is 9.00. The summed E-state index contributed by atoms with van der Waals surface area (Å²) < 4.78 is 1.73. The van der Waals surface area contributed by atoms with Crippen molar-refractivity contribution in [2.24, 2.45) is 0 Å². The van der Waals surface area contributed by atoms with Crippen LogP contribution in [0, 0.1) is 17.0 Å². The second kappa shape index (κ2) is 5.81. The lowest BCUT2D eigenvalue weighted by atomic mass is 10.2. The number of nitrogens with one attached hydrogen (secondary N) is 1. The molecule has 1 aliphatic rings. The van der Waals surface area contributed by atoms with Crippen LogP contribution < -0.4 is 5.32 Å². The van der Waals surface area contributed by atoms with Gasteiger partial charge in [0.25, 0.3) is 0 Å². The summed E-state index contributed by atoms with van der Waals surface area (Å²) >= 11 is 1.90. The van der Waals surface area contributed by atoms with E-state index in [-0.39, 0.29) is 16.7 Å². The molecule has 0 bridgehead atoms. The normalized spacial score (nSPS) is 19.7. The Balaban J connectivity index is 2.32. The van der Waals surface area contributed by atoms with E-state index >= 15 is 0 Å². The van der Waals surface area contributed by atoms with E-state index in [1.165, 1.54) is 5.75 Å². The highest BCUT2D eigenvalue weighted by molar-refractivity contribution is 7.99. The van der Waals surface area contributed by atoms with Gasteiger partial charge in [0.05, 0.1) is 4.92 Å². The zero-order valence-corrected chi connectivity index (χ0v) is 12.4. The Morgan fingerprint density at radius 2 is 2.32 bits per heavy atom. The van der Waals surface area contributed by atoms with Crippen LogP contribution in [-0.4, -0.2) is 32.3 Å². The maximum absolute atomic E-state index is 11.2. The molecule has 0 aromatic carbocycles. The molecule has 1 atom stereocenters. The molecule has 6 nitrogen and oxygen atoms in total. The highest BCUT2D eigenvalue weighted by atomic mass is 32.2. The van der Waals surface area contributed by atoms with Crippen LogP contribution in [0.25, 0.3) is 0 Å². The first kappa shape index (κ1) is 14.2. The van der Waals surface area contributed by atoms with Crippen molar-refractivity contribution in [3.05, 3.63) is 15.8 Å². The highest BCUT2D eigenvalue weighted by Crippen LogP contribution is 2.32. The molecule has 1 aromatic rings. The van der Waals surface area contributed by atoms with Gasteiger partial charge < -0.3 is 5.32 Å². The molecule has 0 radical (unpaired) electrons. The highest BCUT2D eigenvalue weighted by Gasteiger charge is 2.28. The Labute approximate surface area is 117 Å². The van der Waals surface area contributed by atoms with Crippen LogP contribution in [0.2, 0.25) is 0 Å². The quantitative estimate of drug-likeness (QED) is 0.679. The van der Waals surface area contributed by atoms with Gasteiger partial charge in [-0.15, -0.1) is 0 Å². The predicted octanol–water partition coefficient (Wildman–Crippen LogP) is 2.99. The van der Waals surface area contributed by atoms with E-state index in [4.69, 9.17) is 0 Å².